The van der Waals surface area contributed by atoms with Gasteiger partial charge in [-0.3, -0.25) is 0 Å². The number of nitrogens with one attached hydrogen (secondary N) is 1. The summed E-state index contributed by atoms with van der Waals surface area (Å²) < 4.78 is 11.9. The second-order valence-corrected chi connectivity index (χ2v) is 5.96. The summed E-state index contributed by atoms with van der Waals surface area (Å²) in [5.74, 6) is 1.69. The van der Waals surface area contributed by atoms with E-state index in [1.165, 1.54) is 4.88 Å². The summed E-state index contributed by atoms with van der Waals surface area (Å²) in [7, 11) is 1.99. The van der Waals surface area contributed by atoms with Crippen molar-refractivity contribution in [2.45, 2.75) is 25.0 Å². The molecule has 0 radical (unpaired) electrons. The maximum Gasteiger partial charge on any atom is 0.161 e. The molecule has 0 amide bonds. The van der Waals surface area contributed by atoms with E-state index in [1.54, 1.807) is 0 Å². The number of hydrogen-bond donors (Lipinski definition) is 1. The van der Waals surface area contributed by atoms with Gasteiger partial charge in [0.15, 0.2) is 11.5 Å². The van der Waals surface area contributed by atoms with Crippen molar-refractivity contribution in [1.82, 2.24) is 5.32 Å². The summed E-state index contributed by atoms with van der Waals surface area (Å²) >= 11 is 1.81. The molecule has 0 spiro atoms. The molecule has 2 aromatic rings. The molecule has 0 saturated heterocycles. The number of hydrogen-bond acceptors (Lipinski definition) is 4. The van der Waals surface area contributed by atoms with E-state index in [9.17, 15) is 0 Å². The minimum absolute atomic E-state index is 0.0647. The van der Waals surface area contributed by atoms with Crippen molar-refractivity contribution >= 4 is 11.3 Å². The van der Waals surface area contributed by atoms with Gasteiger partial charge in [-0.2, -0.15) is 0 Å². The van der Waals surface area contributed by atoms with Crippen molar-refractivity contribution in [3.8, 4) is 11.5 Å². The van der Waals surface area contributed by atoms with Crippen LogP contribution in [0.4, 0.5) is 0 Å². The first-order valence-corrected chi connectivity index (χ1v) is 7.83. The molecule has 1 aliphatic heterocycles. The molecule has 3 nitrogen and oxygen atoms in total. The maximum atomic E-state index is 6.07. The lowest BCUT2D eigenvalue weighted by molar-refractivity contribution is 0.0618. The lowest BCUT2D eigenvalue weighted by atomic mass is 10.0. The predicted octanol–water partition coefficient (Wildman–Crippen LogP) is 3.11. The highest BCUT2D eigenvalue weighted by Gasteiger charge is 2.27. The van der Waals surface area contributed by atoms with E-state index in [0.717, 1.165) is 24.3 Å². The number of para-hydroxylation sites is 2. The summed E-state index contributed by atoms with van der Waals surface area (Å²) in [6.07, 6.45) is 2.19. The third-order valence-electron chi connectivity index (χ3n) is 3.63. The van der Waals surface area contributed by atoms with Gasteiger partial charge in [0.05, 0.1) is 0 Å². The first kappa shape index (κ1) is 13.5. The second-order valence-electron chi connectivity index (χ2n) is 4.93. The molecule has 0 fully saturated rings. The number of aryl methyl sites for hydroxylation is 1. The van der Waals surface area contributed by atoms with Crippen molar-refractivity contribution in [2.24, 2.45) is 0 Å². The largest absolute Gasteiger partial charge is 0.486 e. The fraction of sp³-hybridized carbons (Fsp3) is 0.375. The Bertz CT molecular complexity index is 541. The molecule has 2 atom stereocenters. The van der Waals surface area contributed by atoms with Gasteiger partial charge in [-0.05, 0) is 43.5 Å². The van der Waals surface area contributed by atoms with Gasteiger partial charge in [0, 0.05) is 10.9 Å². The number of likely N-dealkylation sites (N-methyl/N-ethyl adjacent to an activating group) is 1. The number of ether oxygens (including phenoxy) is 2. The lowest BCUT2D eigenvalue weighted by Gasteiger charge is -2.32. The van der Waals surface area contributed by atoms with E-state index in [1.807, 2.05) is 42.6 Å². The van der Waals surface area contributed by atoms with Crippen LogP contribution in [0.1, 0.15) is 11.3 Å². The van der Waals surface area contributed by atoms with Gasteiger partial charge in [0.25, 0.3) is 0 Å². The highest BCUT2D eigenvalue weighted by atomic mass is 32.1. The molecule has 1 aromatic heterocycles. The van der Waals surface area contributed by atoms with Crippen molar-refractivity contribution in [3.63, 3.8) is 0 Å². The summed E-state index contributed by atoms with van der Waals surface area (Å²) in [5, 5.41) is 5.49. The van der Waals surface area contributed by atoms with E-state index in [-0.39, 0.29) is 6.10 Å². The molecule has 0 bridgehead atoms. The van der Waals surface area contributed by atoms with Gasteiger partial charge in [-0.25, -0.2) is 0 Å². The molecule has 4 heteroatoms. The normalized spacial score (nSPS) is 18.8. The zero-order valence-corrected chi connectivity index (χ0v) is 12.4. The van der Waals surface area contributed by atoms with Crippen LogP contribution in [0.15, 0.2) is 41.8 Å². The third kappa shape index (κ3) is 2.97. The number of fused-ring (bicyclic) bond motifs is 1. The monoisotopic (exact) mass is 289 g/mol. The summed E-state index contributed by atoms with van der Waals surface area (Å²) in [6.45, 7) is 0.604. The molecule has 1 aliphatic rings. The Kier molecular flexibility index (Phi) is 4.23. The van der Waals surface area contributed by atoms with Gasteiger partial charge in [0.2, 0.25) is 0 Å². The van der Waals surface area contributed by atoms with E-state index < -0.39 is 0 Å². The molecule has 0 saturated carbocycles. The van der Waals surface area contributed by atoms with Crippen molar-refractivity contribution < 1.29 is 9.47 Å². The zero-order valence-electron chi connectivity index (χ0n) is 11.5. The molecule has 1 aromatic carbocycles. The number of rotatable bonds is 5. The Morgan fingerprint density at radius 1 is 1.25 bits per heavy atom. The summed E-state index contributed by atoms with van der Waals surface area (Å²) in [5.41, 5.74) is 0. The van der Waals surface area contributed by atoms with Crippen LogP contribution in [-0.4, -0.2) is 25.8 Å². The number of benzene rings is 1. The Balaban J connectivity index is 1.62. The van der Waals surface area contributed by atoms with E-state index in [4.69, 9.17) is 9.47 Å². The molecule has 106 valence electrons. The fourth-order valence-electron chi connectivity index (χ4n) is 2.50. The van der Waals surface area contributed by atoms with Gasteiger partial charge in [0.1, 0.15) is 12.7 Å². The zero-order chi connectivity index (χ0) is 13.8. The van der Waals surface area contributed by atoms with Gasteiger partial charge < -0.3 is 14.8 Å². The second kappa shape index (κ2) is 6.29. The molecular weight excluding hydrogens is 270 g/mol. The smallest absolute Gasteiger partial charge is 0.161 e. The average Bonchev–Trinajstić information content (AvgIpc) is 3.01. The van der Waals surface area contributed by atoms with Crippen molar-refractivity contribution in [1.29, 1.82) is 0 Å². The Labute approximate surface area is 123 Å². The fourth-order valence-corrected chi connectivity index (χ4v) is 3.23. The molecule has 1 N–H and O–H groups in total. The maximum absolute atomic E-state index is 6.07. The Morgan fingerprint density at radius 2 is 2.10 bits per heavy atom. The first-order chi connectivity index (χ1) is 9.86. The predicted molar refractivity (Wildman–Crippen MR) is 81.8 cm³/mol. The van der Waals surface area contributed by atoms with Crippen molar-refractivity contribution in [3.05, 3.63) is 46.7 Å². The van der Waals surface area contributed by atoms with Crippen LogP contribution in [-0.2, 0) is 6.42 Å². The van der Waals surface area contributed by atoms with Crippen LogP contribution in [0.2, 0.25) is 0 Å². The standard InChI is InChI=1S/C16H19NO2S/c1-17-13(9-8-12-5-4-10-20-12)16-11-18-14-6-2-3-7-15(14)19-16/h2-7,10,13,16-17H,8-9,11H2,1H3. The van der Waals surface area contributed by atoms with Crippen molar-refractivity contribution in [2.75, 3.05) is 13.7 Å². The molecule has 3 rings (SSSR count). The minimum atomic E-state index is 0.0647. The molecule has 0 aliphatic carbocycles. The topological polar surface area (TPSA) is 30.5 Å². The first-order valence-electron chi connectivity index (χ1n) is 6.95. The molecule has 20 heavy (non-hydrogen) atoms. The lowest BCUT2D eigenvalue weighted by Crippen LogP contribution is -2.46. The SMILES string of the molecule is CNC(CCc1cccs1)C1COc2ccccc2O1. The van der Waals surface area contributed by atoms with Crippen LogP contribution in [0.5, 0.6) is 11.5 Å². The third-order valence-corrected chi connectivity index (χ3v) is 4.57. The highest BCUT2D eigenvalue weighted by molar-refractivity contribution is 7.09. The van der Waals surface area contributed by atoms with Crippen LogP contribution in [0.3, 0.4) is 0 Å². The Morgan fingerprint density at radius 3 is 2.85 bits per heavy atom. The molecule has 2 unspecified atom stereocenters. The quantitative estimate of drug-likeness (QED) is 0.917. The van der Waals surface area contributed by atoms with Crippen LogP contribution in [0, 0.1) is 0 Å². The van der Waals surface area contributed by atoms with E-state index in [0.29, 0.717) is 12.6 Å². The van der Waals surface area contributed by atoms with Crippen LogP contribution in [0.25, 0.3) is 0 Å². The van der Waals surface area contributed by atoms with E-state index in [2.05, 4.69) is 22.8 Å². The van der Waals surface area contributed by atoms with Crippen LogP contribution < -0.4 is 14.8 Å². The average molecular weight is 289 g/mol. The van der Waals surface area contributed by atoms with Gasteiger partial charge in [-0.15, -0.1) is 11.3 Å². The highest BCUT2D eigenvalue weighted by Crippen LogP contribution is 2.32. The molecular formula is C16H19NO2S. The van der Waals surface area contributed by atoms with E-state index >= 15 is 0 Å². The molecule has 2 heterocycles. The van der Waals surface area contributed by atoms with Crippen LogP contribution >= 0.6 is 11.3 Å². The summed E-state index contributed by atoms with van der Waals surface area (Å²) in [6, 6.07) is 12.4. The minimum Gasteiger partial charge on any atom is -0.486 e. The Hall–Kier alpha value is -1.52. The number of thiophene rings is 1. The van der Waals surface area contributed by atoms with Gasteiger partial charge in [-0.1, -0.05) is 18.2 Å². The summed E-state index contributed by atoms with van der Waals surface area (Å²) in [4.78, 5) is 1.42. The van der Waals surface area contributed by atoms with Gasteiger partial charge >= 0.3 is 0 Å².